The summed E-state index contributed by atoms with van der Waals surface area (Å²) in [6, 6.07) is 14.6. The Morgan fingerprint density at radius 2 is 1.74 bits per heavy atom. The highest BCUT2D eigenvalue weighted by Gasteiger charge is 2.29. The molecular formula is C26H23NO5S2. The molecule has 34 heavy (non-hydrogen) atoms. The fourth-order valence-corrected chi connectivity index (χ4v) is 6.03. The second kappa shape index (κ2) is 10.7. The van der Waals surface area contributed by atoms with Crippen LogP contribution in [-0.4, -0.2) is 41.1 Å². The second-order valence-corrected chi connectivity index (χ2v) is 9.46. The summed E-state index contributed by atoms with van der Waals surface area (Å²) in [6.45, 7) is 4.07. The molecule has 0 aliphatic rings. The van der Waals surface area contributed by atoms with Gasteiger partial charge in [0.05, 0.1) is 38.9 Å². The number of pyridine rings is 1. The summed E-state index contributed by atoms with van der Waals surface area (Å²) in [5, 5.41) is 0.598. The third-order valence-corrected chi connectivity index (χ3v) is 7.42. The number of rotatable bonds is 9. The molecule has 3 aromatic heterocycles. The molecule has 174 valence electrons. The predicted molar refractivity (Wildman–Crippen MR) is 135 cm³/mol. The van der Waals surface area contributed by atoms with Gasteiger partial charge < -0.3 is 13.9 Å². The number of carbonyl (C=O) groups excluding carboxylic acids is 3. The van der Waals surface area contributed by atoms with Crippen LogP contribution >= 0.6 is 23.1 Å². The molecule has 4 aromatic rings. The van der Waals surface area contributed by atoms with E-state index >= 15 is 0 Å². The number of nitrogens with zero attached hydrogens (tertiary/aromatic N) is 1. The topological polar surface area (TPSA) is 74.1 Å². The summed E-state index contributed by atoms with van der Waals surface area (Å²) in [5.41, 5.74) is 2.42. The number of hydrogen-bond acceptors (Lipinski definition) is 7. The van der Waals surface area contributed by atoms with E-state index in [2.05, 4.69) is 0 Å². The highest BCUT2D eigenvalue weighted by molar-refractivity contribution is 8.01. The fraction of sp³-hybridized carbons (Fsp3) is 0.192. The first-order valence-corrected chi connectivity index (χ1v) is 12.7. The Labute approximate surface area is 205 Å². The van der Waals surface area contributed by atoms with Gasteiger partial charge in [-0.05, 0) is 26.0 Å². The molecule has 0 saturated heterocycles. The standard InChI is InChI=1S/C26H23NO5S2/c1-3-31-19(28)14-10-16-33-26-22-21(24(34-26)23(29)17-11-6-5-7-12-17)20(25(30)32-4-2)18-13-8-9-15-27(18)22/h5-15H,3-4,16H2,1-2H3/b14-10+. The van der Waals surface area contributed by atoms with Crippen molar-refractivity contribution >= 4 is 57.2 Å². The first-order valence-electron chi connectivity index (χ1n) is 10.8. The van der Waals surface area contributed by atoms with Crippen molar-refractivity contribution in [2.24, 2.45) is 0 Å². The first-order chi connectivity index (χ1) is 16.6. The normalized spacial score (nSPS) is 11.4. The van der Waals surface area contributed by atoms with Crippen LogP contribution in [0.5, 0.6) is 0 Å². The van der Waals surface area contributed by atoms with E-state index in [0.717, 1.165) is 9.73 Å². The van der Waals surface area contributed by atoms with E-state index in [0.29, 0.717) is 39.3 Å². The molecule has 0 unspecified atom stereocenters. The van der Waals surface area contributed by atoms with Gasteiger partial charge in [0.2, 0.25) is 5.78 Å². The maximum Gasteiger partial charge on any atom is 0.341 e. The Morgan fingerprint density at radius 1 is 1.00 bits per heavy atom. The number of benzene rings is 1. The molecule has 0 saturated carbocycles. The highest BCUT2D eigenvalue weighted by Crippen LogP contribution is 2.43. The molecule has 0 spiro atoms. The number of aromatic nitrogens is 1. The van der Waals surface area contributed by atoms with Crippen LogP contribution in [0.2, 0.25) is 0 Å². The largest absolute Gasteiger partial charge is 0.463 e. The number of hydrogen-bond donors (Lipinski definition) is 0. The van der Waals surface area contributed by atoms with Gasteiger partial charge in [0.15, 0.2) is 0 Å². The Hall–Kier alpha value is -3.36. The lowest BCUT2D eigenvalue weighted by Crippen LogP contribution is -2.06. The van der Waals surface area contributed by atoms with E-state index < -0.39 is 11.9 Å². The van der Waals surface area contributed by atoms with Crippen LogP contribution in [0.15, 0.2) is 71.1 Å². The molecule has 0 bridgehead atoms. The lowest BCUT2D eigenvalue weighted by atomic mass is 10.1. The minimum atomic E-state index is -0.458. The minimum Gasteiger partial charge on any atom is -0.463 e. The third-order valence-electron chi connectivity index (χ3n) is 5.03. The van der Waals surface area contributed by atoms with E-state index in [-0.39, 0.29) is 12.4 Å². The van der Waals surface area contributed by atoms with Gasteiger partial charge in [-0.3, -0.25) is 4.79 Å². The van der Waals surface area contributed by atoms with Crippen molar-refractivity contribution in [3.05, 3.63) is 82.9 Å². The number of ether oxygens (including phenoxy) is 2. The van der Waals surface area contributed by atoms with E-state index in [1.807, 2.05) is 47.0 Å². The molecule has 0 N–H and O–H groups in total. The van der Waals surface area contributed by atoms with Crippen molar-refractivity contribution in [1.82, 2.24) is 4.40 Å². The van der Waals surface area contributed by atoms with Gasteiger partial charge in [0.25, 0.3) is 0 Å². The average Bonchev–Trinajstić information content (AvgIpc) is 3.38. The molecule has 4 rings (SSSR count). The molecule has 1 aromatic carbocycles. The van der Waals surface area contributed by atoms with Gasteiger partial charge >= 0.3 is 11.9 Å². The van der Waals surface area contributed by atoms with E-state index in [9.17, 15) is 14.4 Å². The molecule has 0 aliphatic carbocycles. The van der Waals surface area contributed by atoms with Crippen LogP contribution in [0.1, 0.15) is 39.4 Å². The number of esters is 2. The van der Waals surface area contributed by atoms with Crippen LogP contribution in [0.4, 0.5) is 0 Å². The number of fused-ring (bicyclic) bond motifs is 3. The predicted octanol–water partition coefficient (Wildman–Crippen LogP) is 5.77. The zero-order valence-electron chi connectivity index (χ0n) is 18.8. The molecule has 0 aliphatic heterocycles. The van der Waals surface area contributed by atoms with E-state index in [1.54, 1.807) is 32.1 Å². The van der Waals surface area contributed by atoms with Crippen LogP contribution in [-0.2, 0) is 14.3 Å². The lowest BCUT2D eigenvalue weighted by Gasteiger charge is -2.04. The smallest absolute Gasteiger partial charge is 0.341 e. The monoisotopic (exact) mass is 493 g/mol. The molecule has 0 radical (unpaired) electrons. The van der Waals surface area contributed by atoms with Crippen molar-refractivity contribution in [2.75, 3.05) is 19.0 Å². The van der Waals surface area contributed by atoms with Gasteiger partial charge in [-0.1, -0.05) is 42.5 Å². The van der Waals surface area contributed by atoms with Gasteiger partial charge in [-0.2, -0.15) is 0 Å². The molecule has 8 heteroatoms. The van der Waals surface area contributed by atoms with Gasteiger partial charge in [-0.15, -0.1) is 23.1 Å². The van der Waals surface area contributed by atoms with Crippen molar-refractivity contribution < 1.29 is 23.9 Å². The zero-order valence-corrected chi connectivity index (χ0v) is 20.4. The van der Waals surface area contributed by atoms with E-state index in [1.165, 1.54) is 29.2 Å². The number of thioether (sulfide) groups is 1. The van der Waals surface area contributed by atoms with Gasteiger partial charge in [-0.25, -0.2) is 9.59 Å². The van der Waals surface area contributed by atoms with Crippen molar-refractivity contribution in [1.29, 1.82) is 0 Å². The fourth-order valence-electron chi connectivity index (χ4n) is 3.67. The summed E-state index contributed by atoms with van der Waals surface area (Å²) in [4.78, 5) is 38.7. The number of ketones is 1. The number of carbonyl (C=O) groups is 3. The Bertz CT molecular complexity index is 1380. The van der Waals surface area contributed by atoms with E-state index in [4.69, 9.17) is 9.47 Å². The SMILES string of the molecule is CCOC(=O)/C=C/CSc1sc(C(=O)c2ccccc2)c2c(C(=O)OCC)c3ccccn3c12. The van der Waals surface area contributed by atoms with Crippen molar-refractivity contribution in [3.63, 3.8) is 0 Å². The molecule has 3 heterocycles. The average molecular weight is 494 g/mol. The number of thiophene rings is 1. The van der Waals surface area contributed by atoms with Crippen molar-refractivity contribution in [3.8, 4) is 0 Å². The molecule has 0 amide bonds. The van der Waals surface area contributed by atoms with Crippen LogP contribution < -0.4 is 0 Å². The third kappa shape index (κ3) is 4.64. The molecular weight excluding hydrogens is 470 g/mol. The Balaban J connectivity index is 1.87. The summed E-state index contributed by atoms with van der Waals surface area (Å²) in [5.74, 6) is -0.495. The lowest BCUT2D eigenvalue weighted by molar-refractivity contribution is -0.137. The first kappa shape index (κ1) is 23.8. The van der Waals surface area contributed by atoms with Gasteiger partial charge in [0.1, 0.15) is 0 Å². The molecule has 0 fully saturated rings. The van der Waals surface area contributed by atoms with Crippen LogP contribution in [0, 0.1) is 0 Å². The Morgan fingerprint density at radius 3 is 2.47 bits per heavy atom. The van der Waals surface area contributed by atoms with Crippen LogP contribution in [0.3, 0.4) is 0 Å². The van der Waals surface area contributed by atoms with Crippen LogP contribution in [0.25, 0.3) is 16.4 Å². The summed E-state index contributed by atoms with van der Waals surface area (Å²) >= 11 is 2.85. The Kier molecular flexibility index (Phi) is 7.49. The van der Waals surface area contributed by atoms with Crippen molar-refractivity contribution in [2.45, 2.75) is 18.1 Å². The summed E-state index contributed by atoms with van der Waals surface area (Å²) in [7, 11) is 0. The van der Waals surface area contributed by atoms with Gasteiger partial charge in [0, 0.05) is 29.0 Å². The molecule has 6 nitrogen and oxygen atoms in total. The highest BCUT2D eigenvalue weighted by atomic mass is 32.2. The molecule has 0 atom stereocenters. The second-order valence-electron chi connectivity index (χ2n) is 7.15. The summed E-state index contributed by atoms with van der Waals surface area (Å²) < 4.78 is 13.1. The maximum atomic E-state index is 13.5. The summed E-state index contributed by atoms with van der Waals surface area (Å²) in [6.07, 6.45) is 5.01. The zero-order chi connectivity index (χ0) is 24.1. The quantitative estimate of drug-likeness (QED) is 0.127. The minimum absolute atomic E-state index is 0.147. The maximum absolute atomic E-state index is 13.5.